The van der Waals surface area contributed by atoms with E-state index in [2.05, 4.69) is 21.1 Å². The molecule has 1 aromatic carbocycles. The Bertz CT molecular complexity index is 763. The number of carbonyl (C=O) groups is 2. The molecule has 7 heteroatoms. The average molecular weight is 344 g/mol. The third-order valence-electron chi connectivity index (χ3n) is 4.03. The van der Waals surface area contributed by atoms with Crippen molar-refractivity contribution in [3.63, 3.8) is 0 Å². The van der Waals surface area contributed by atoms with Gasteiger partial charge in [0.25, 0.3) is 5.91 Å². The van der Waals surface area contributed by atoms with Crippen molar-refractivity contribution >= 4 is 17.6 Å². The van der Waals surface area contributed by atoms with Crippen molar-refractivity contribution in [2.75, 3.05) is 12.4 Å². The van der Waals surface area contributed by atoms with Gasteiger partial charge in [-0.25, -0.2) is 4.79 Å². The van der Waals surface area contributed by atoms with Crippen LogP contribution >= 0.6 is 0 Å². The van der Waals surface area contributed by atoms with E-state index in [4.69, 9.17) is 4.52 Å². The van der Waals surface area contributed by atoms with Gasteiger partial charge in [0.15, 0.2) is 0 Å². The van der Waals surface area contributed by atoms with Crippen molar-refractivity contribution < 1.29 is 14.1 Å². The first-order valence-electron chi connectivity index (χ1n) is 8.13. The average Bonchev–Trinajstić information content (AvgIpc) is 2.87. The van der Waals surface area contributed by atoms with Crippen LogP contribution < -0.4 is 16.0 Å². The number of rotatable bonds is 5. The largest absolute Gasteiger partial charge is 0.361 e. The summed E-state index contributed by atoms with van der Waals surface area (Å²) in [6.07, 6.45) is 0.642. The second-order valence-corrected chi connectivity index (χ2v) is 6.12. The van der Waals surface area contributed by atoms with Gasteiger partial charge in [-0.3, -0.25) is 4.79 Å². The molecule has 0 saturated carbocycles. The standard InChI is InChI=1S/C18H24N4O3/c1-10-8-14(17(23)19-5)6-7-16(10)21-18(24)20-11(2)9-15-12(3)22-25-13(15)4/h6-8,11H,9H2,1-5H3,(H,19,23)(H2,20,21,24)/t11-/m0/s1. The first-order chi connectivity index (χ1) is 11.8. The second kappa shape index (κ2) is 7.83. The lowest BCUT2D eigenvalue weighted by atomic mass is 10.1. The topological polar surface area (TPSA) is 96.3 Å². The van der Waals surface area contributed by atoms with Gasteiger partial charge >= 0.3 is 6.03 Å². The monoisotopic (exact) mass is 344 g/mol. The zero-order valence-electron chi connectivity index (χ0n) is 15.2. The molecule has 0 spiro atoms. The summed E-state index contributed by atoms with van der Waals surface area (Å²) in [4.78, 5) is 23.8. The highest BCUT2D eigenvalue weighted by molar-refractivity contribution is 5.96. The molecule has 7 nitrogen and oxygen atoms in total. The van der Waals surface area contributed by atoms with Gasteiger partial charge in [0.05, 0.1) is 5.69 Å². The quantitative estimate of drug-likeness (QED) is 0.777. The van der Waals surface area contributed by atoms with E-state index in [1.54, 1.807) is 25.2 Å². The Labute approximate surface area is 147 Å². The van der Waals surface area contributed by atoms with Gasteiger partial charge in [-0.15, -0.1) is 0 Å². The minimum Gasteiger partial charge on any atom is -0.361 e. The lowest BCUT2D eigenvalue weighted by Crippen LogP contribution is -2.37. The molecule has 0 unspecified atom stereocenters. The van der Waals surface area contributed by atoms with Crippen molar-refractivity contribution in [1.29, 1.82) is 0 Å². The summed E-state index contributed by atoms with van der Waals surface area (Å²) >= 11 is 0. The zero-order chi connectivity index (χ0) is 18.6. The van der Waals surface area contributed by atoms with Gasteiger partial charge in [0, 0.05) is 29.9 Å². The van der Waals surface area contributed by atoms with Crippen molar-refractivity contribution in [3.8, 4) is 0 Å². The maximum absolute atomic E-state index is 12.2. The minimum absolute atomic E-state index is 0.0813. The number of hydrogen-bond donors (Lipinski definition) is 3. The normalized spacial score (nSPS) is 11.7. The lowest BCUT2D eigenvalue weighted by Gasteiger charge is -2.16. The van der Waals surface area contributed by atoms with Gasteiger partial charge in [-0.2, -0.15) is 0 Å². The summed E-state index contributed by atoms with van der Waals surface area (Å²) in [5.41, 5.74) is 3.88. The molecule has 1 atom stereocenters. The van der Waals surface area contributed by atoms with Crippen molar-refractivity contribution in [2.45, 2.75) is 40.2 Å². The number of carbonyl (C=O) groups excluding carboxylic acids is 2. The summed E-state index contributed by atoms with van der Waals surface area (Å²) in [5.74, 6) is 0.611. The highest BCUT2D eigenvalue weighted by Gasteiger charge is 2.15. The number of aryl methyl sites for hydroxylation is 3. The number of nitrogens with zero attached hydrogens (tertiary/aromatic N) is 1. The van der Waals surface area contributed by atoms with Crippen LogP contribution in [0.25, 0.3) is 0 Å². The van der Waals surface area contributed by atoms with Crippen LogP contribution in [0.2, 0.25) is 0 Å². The predicted octanol–water partition coefficient (Wildman–Crippen LogP) is 2.71. The molecule has 1 heterocycles. The summed E-state index contributed by atoms with van der Waals surface area (Å²) < 4.78 is 5.14. The molecule has 25 heavy (non-hydrogen) atoms. The van der Waals surface area contributed by atoms with Crippen LogP contribution in [0.5, 0.6) is 0 Å². The van der Waals surface area contributed by atoms with Crippen LogP contribution in [0, 0.1) is 20.8 Å². The third-order valence-corrected chi connectivity index (χ3v) is 4.03. The van der Waals surface area contributed by atoms with Crippen molar-refractivity contribution in [3.05, 3.63) is 46.3 Å². The van der Waals surface area contributed by atoms with E-state index >= 15 is 0 Å². The van der Waals surface area contributed by atoms with Crippen LogP contribution in [-0.2, 0) is 6.42 Å². The van der Waals surface area contributed by atoms with Gasteiger partial charge < -0.3 is 20.5 Å². The molecule has 0 saturated heterocycles. The first kappa shape index (κ1) is 18.5. The maximum atomic E-state index is 12.2. The van der Waals surface area contributed by atoms with E-state index in [9.17, 15) is 9.59 Å². The number of aromatic nitrogens is 1. The molecule has 2 rings (SSSR count). The number of anilines is 1. The molecule has 0 fully saturated rings. The zero-order valence-corrected chi connectivity index (χ0v) is 15.2. The van der Waals surface area contributed by atoms with E-state index in [0.29, 0.717) is 17.7 Å². The Kier molecular flexibility index (Phi) is 5.80. The fourth-order valence-electron chi connectivity index (χ4n) is 2.62. The van der Waals surface area contributed by atoms with Crippen LogP contribution in [0.4, 0.5) is 10.5 Å². The van der Waals surface area contributed by atoms with Crippen molar-refractivity contribution in [1.82, 2.24) is 15.8 Å². The predicted molar refractivity (Wildman–Crippen MR) is 95.9 cm³/mol. The SMILES string of the molecule is CNC(=O)c1ccc(NC(=O)N[C@@H](C)Cc2c(C)noc2C)c(C)c1. The molecular formula is C18H24N4O3. The second-order valence-electron chi connectivity index (χ2n) is 6.12. The molecule has 1 aromatic heterocycles. The molecule has 0 aliphatic heterocycles. The summed E-state index contributed by atoms with van der Waals surface area (Å²) in [5, 5.41) is 12.2. The van der Waals surface area contributed by atoms with E-state index in [0.717, 1.165) is 22.6 Å². The number of urea groups is 1. The van der Waals surface area contributed by atoms with Gasteiger partial charge in [-0.1, -0.05) is 5.16 Å². The molecule has 3 amide bonds. The Morgan fingerprint density at radius 2 is 1.96 bits per heavy atom. The fourth-order valence-corrected chi connectivity index (χ4v) is 2.62. The maximum Gasteiger partial charge on any atom is 0.319 e. The summed E-state index contributed by atoms with van der Waals surface area (Å²) in [6, 6.07) is 4.76. The molecular weight excluding hydrogens is 320 g/mol. The molecule has 0 radical (unpaired) electrons. The van der Waals surface area contributed by atoms with Gasteiger partial charge in [0.2, 0.25) is 0 Å². The molecule has 134 valence electrons. The van der Waals surface area contributed by atoms with Gasteiger partial charge in [-0.05, 0) is 57.9 Å². The van der Waals surface area contributed by atoms with Crippen LogP contribution in [-0.4, -0.2) is 30.2 Å². The van der Waals surface area contributed by atoms with E-state index in [1.807, 2.05) is 27.7 Å². The summed E-state index contributed by atoms with van der Waals surface area (Å²) in [6.45, 7) is 7.51. The Balaban J connectivity index is 1.97. The Hall–Kier alpha value is -2.83. The van der Waals surface area contributed by atoms with E-state index < -0.39 is 0 Å². The van der Waals surface area contributed by atoms with E-state index in [-0.39, 0.29) is 18.0 Å². The molecule has 0 aliphatic rings. The van der Waals surface area contributed by atoms with E-state index in [1.165, 1.54) is 0 Å². The Morgan fingerprint density at radius 1 is 1.24 bits per heavy atom. The van der Waals surface area contributed by atoms with Gasteiger partial charge in [0.1, 0.15) is 5.76 Å². The third kappa shape index (κ3) is 4.59. The summed E-state index contributed by atoms with van der Waals surface area (Å²) in [7, 11) is 1.58. The van der Waals surface area contributed by atoms with Crippen LogP contribution in [0.1, 0.15) is 39.9 Å². The number of hydrogen-bond acceptors (Lipinski definition) is 4. The molecule has 3 N–H and O–H groups in total. The minimum atomic E-state index is -0.296. The fraction of sp³-hybridized carbons (Fsp3) is 0.389. The number of benzene rings is 1. The molecule has 0 bridgehead atoms. The lowest BCUT2D eigenvalue weighted by molar-refractivity contribution is 0.0963. The molecule has 2 aromatic rings. The number of amides is 3. The Morgan fingerprint density at radius 3 is 2.52 bits per heavy atom. The highest BCUT2D eigenvalue weighted by atomic mass is 16.5. The van der Waals surface area contributed by atoms with Crippen molar-refractivity contribution in [2.24, 2.45) is 0 Å². The smallest absolute Gasteiger partial charge is 0.319 e. The molecule has 0 aliphatic carbocycles. The van der Waals surface area contributed by atoms with Crippen LogP contribution in [0.15, 0.2) is 22.7 Å². The van der Waals surface area contributed by atoms with Crippen LogP contribution in [0.3, 0.4) is 0 Å². The highest BCUT2D eigenvalue weighted by Crippen LogP contribution is 2.17. The number of nitrogens with one attached hydrogen (secondary N) is 3. The first-order valence-corrected chi connectivity index (χ1v) is 8.13.